The van der Waals surface area contributed by atoms with Gasteiger partial charge in [0, 0.05) is 6.26 Å². The van der Waals surface area contributed by atoms with Gasteiger partial charge in [0.2, 0.25) is 0 Å². The summed E-state index contributed by atoms with van der Waals surface area (Å²) in [5, 5.41) is -0.351. The summed E-state index contributed by atoms with van der Waals surface area (Å²) < 4.78 is 34.7. The van der Waals surface area contributed by atoms with Crippen molar-refractivity contribution in [3.63, 3.8) is 0 Å². The lowest BCUT2D eigenvalue weighted by Crippen LogP contribution is -2.07. The molecule has 0 fully saturated rings. The monoisotopic (exact) mass is 238 g/mol. The number of aryl methyl sites for hydroxylation is 1. The third-order valence-corrected chi connectivity index (χ3v) is 2.45. The Morgan fingerprint density at radius 3 is 2.43 bits per heavy atom. The van der Waals surface area contributed by atoms with E-state index in [1.165, 1.54) is 6.92 Å². The molecule has 0 N–H and O–H groups in total. The first kappa shape index (κ1) is 11.3. The molecule has 1 rings (SSSR count). The zero-order valence-electron chi connectivity index (χ0n) is 7.58. The molecule has 4 nitrogen and oxygen atoms in total. The summed E-state index contributed by atoms with van der Waals surface area (Å²) in [5.74, 6) is -1.05. The van der Waals surface area contributed by atoms with Crippen LogP contribution in [-0.2, 0) is 15.6 Å². The maximum Gasteiger partial charge on any atom is 0.181 e. The molecule has 78 valence electrons. The molecule has 1 heterocycles. The third kappa shape index (κ3) is 2.88. The SMILES string of the molecule is Cc1nc(CS(C)(=O)=O)nc(Cl)c1F. The number of rotatable bonds is 2. The number of aromatic nitrogens is 2. The van der Waals surface area contributed by atoms with Crippen LogP contribution in [0.1, 0.15) is 11.5 Å². The van der Waals surface area contributed by atoms with Crippen molar-refractivity contribution in [2.24, 2.45) is 0 Å². The Hall–Kier alpha value is -0.750. The van der Waals surface area contributed by atoms with Gasteiger partial charge in [-0.15, -0.1) is 0 Å². The molecule has 0 spiro atoms. The largest absolute Gasteiger partial charge is 0.234 e. The lowest BCUT2D eigenvalue weighted by Gasteiger charge is -2.02. The second-order valence-electron chi connectivity index (χ2n) is 2.90. The summed E-state index contributed by atoms with van der Waals surface area (Å²) >= 11 is 5.43. The van der Waals surface area contributed by atoms with E-state index in [4.69, 9.17) is 11.6 Å². The molecule has 0 bridgehead atoms. The summed E-state index contributed by atoms with van der Waals surface area (Å²) in [7, 11) is -3.23. The van der Waals surface area contributed by atoms with Crippen LogP contribution >= 0.6 is 11.6 Å². The van der Waals surface area contributed by atoms with Gasteiger partial charge in [0.1, 0.15) is 11.6 Å². The van der Waals surface area contributed by atoms with Crippen molar-refractivity contribution in [3.8, 4) is 0 Å². The van der Waals surface area contributed by atoms with E-state index in [9.17, 15) is 12.8 Å². The molecule has 1 aromatic heterocycles. The van der Waals surface area contributed by atoms with E-state index < -0.39 is 15.7 Å². The predicted octanol–water partition coefficient (Wildman–Crippen LogP) is 1.12. The average Bonchev–Trinajstić information content (AvgIpc) is 1.96. The van der Waals surface area contributed by atoms with E-state index in [1.807, 2.05) is 0 Å². The van der Waals surface area contributed by atoms with Gasteiger partial charge in [0.15, 0.2) is 20.8 Å². The topological polar surface area (TPSA) is 59.9 Å². The van der Waals surface area contributed by atoms with Crippen LogP contribution in [0, 0.1) is 12.7 Å². The van der Waals surface area contributed by atoms with Crippen LogP contribution in [0.2, 0.25) is 5.15 Å². The summed E-state index contributed by atoms with van der Waals surface area (Å²) in [6.07, 6.45) is 1.04. The molecule has 0 radical (unpaired) electrons. The number of hydrogen-bond acceptors (Lipinski definition) is 4. The van der Waals surface area contributed by atoms with Crippen LogP contribution in [0.15, 0.2) is 0 Å². The van der Waals surface area contributed by atoms with Crippen molar-refractivity contribution in [2.45, 2.75) is 12.7 Å². The average molecular weight is 239 g/mol. The van der Waals surface area contributed by atoms with Crippen LogP contribution in [0.4, 0.5) is 4.39 Å². The van der Waals surface area contributed by atoms with Crippen molar-refractivity contribution in [2.75, 3.05) is 6.26 Å². The number of hydrogen-bond donors (Lipinski definition) is 0. The van der Waals surface area contributed by atoms with Gasteiger partial charge >= 0.3 is 0 Å². The molecule has 0 unspecified atom stereocenters. The second-order valence-corrected chi connectivity index (χ2v) is 5.40. The summed E-state index contributed by atoms with van der Waals surface area (Å²) in [6, 6.07) is 0. The minimum absolute atomic E-state index is 0.0106. The van der Waals surface area contributed by atoms with E-state index >= 15 is 0 Å². The number of nitrogens with zero attached hydrogens (tertiary/aromatic N) is 2. The molecule has 0 aromatic carbocycles. The Kier molecular flexibility index (Phi) is 3.06. The first-order valence-corrected chi connectivity index (χ1v) is 6.09. The lowest BCUT2D eigenvalue weighted by molar-refractivity contribution is 0.590. The minimum atomic E-state index is -3.23. The highest BCUT2D eigenvalue weighted by Gasteiger charge is 2.12. The van der Waals surface area contributed by atoms with Crippen molar-refractivity contribution in [1.29, 1.82) is 0 Å². The quantitative estimate of drug-likeness (QED) is 0.725. The van der Waals surface area contributed by atoms with E-state index in [-0.39, 0.29) is 22.4 Å². The Morgan fingerprint density at radius 1 is 1.43 bits per heavy atom. The van der Waals surface area contributed by atoms with Gasteiger partial charge in [-0.05, 0) is 6.92 Å². The molecule has 1 aromatic rings. The number of halogens is 2. The Bertz CT molecular complexity index is 438. The fourth-order valence-electron chi connectivity index (χ4n) is 0.878. The van der Waals surface area contributed by atoms with E-state index in [1.54, 1.807) is 0 Å². The summed E-state index contributed by atoms with van der Waals surface area (Å²) in [6.45, 7) is 1.40. The first-order chi connectivity index (χ1) is 6.29. The molecule has 0 amide bonds. The zero-order chi connectivity index (χ0) is 10.9. The molecule has 0 aliphatic carbocycles. The van der Waals surface area contributed by atoms with Gasteiger partial charge in [-0.2, -0.15) is 0 Å². The Labute approximate surface area is 86.1 Å². The van der Waals surface area contributed by atoms with Crippen molar-refractivity contribution in [3.05, 3.63) is 22.5 Å². The molecular formula is C7H8ClFN2O2S. The van der Waals surface area contributed by atoms with Crippen LogP contribution in [0.3, 0.4) is 0 Å². The van der Waals surface area contributed by atoms with Gasteiger partial charge < -0.3 is 0 Å². The number of sulfone groups is 1. The molecular weight excluding hydrogens is 231 g/mol. The van der Waals surface area contributed by atoms with Gasteiger partial charge in [-0.1, -0.05) is 11.6 Å². The van der Waals surface area contributed by atoms with Crippen molar-refractivity contribution in [1.82, 2.24) is 9.97 Å². The van der Waals surface area contributed by atoms with Crippen LogP contribution in [0.25, 0.3) is 0 Å². The van der Waals surface area contributed by atoms with Crippen LogP contribution in [0.5, 0.6) is 0 Å². The normalized spacial score (nSPS) is 11.7. The van der Waals surface area contributed by atoms with Crippen molar-refractivity contribution >= 4 is 21.4 Å². The fourth-order valence-corrected chi connectivity index (χ4v) is 1.71. The molecule has 0 saturated heterocycles. The van der Waals surface area contributed by atoms with Gasteiger partial charge in [-0.3, -0.25) is 0 Å². The highest BCUT2D eigenvalue weighted by Crippen LogP contribution is 2.14. The lowest BCUT2D eigenvalue weighted by atomic mass is 10.4. The molecule has 0 aliphatic heterocycles. The molecule has 14 heavy (non-hydrogen) atoms. The van der Waals surface area contributed by atoms with E-state index in [2.05, 4.69) is 9.97 Å². The highest BCUT2D eigenvalue weighted by molar-refractivity contribution is 7.89. The Morgan fingerprint density at radius 2 is 2.00 bits per heavy atom. The van der Waals surface area contributed by atoms with Gasteiger partial charge in [0.25, 0.3) is 0 Å². The first-order valence-electron chi connectivity index (χ1n) is 3.66. The summed E-state index contributed by atoms with van der Waals surface area (Å²) in [5.41, 5.74) is 0.0450. The predicted molar refractivity (Wildman–Crippen MR) is 50.3 cm³/mol. The van der Waals surface area contributed by atoms with Crippen molar-refractivity contribution < 1.29 is 12.8 Å². The molecule has 7 heteroatoms. The summed E-state index contributed by atoms with van der Waals surface area (Å²) in [4.78, 5) is 7.19. The maximum absolute atomic E-state index is 12.9. The van der Waals surface area contributed by atoms with E-state index in [0.29, 0.717) is 0 Å². The second kappa shape index (κ2) is 3.78. The van der Waals surface area contributed by atoms with Crippen LogP contribution in [-0.4, -0.2) is 24.6 Å². The molecule has 0 atom stereocenters. The minimum Gasteiger partial charge on any atom is -0.234 e. The van der Waals surface area contributed by atoms with E-state index in [0.717, 1.165) is 6.26 Å². The van der Waals surface area contributed by atoms with Gasteiger partial charge in [-0.25, -0.2) is 22.8 Å². The third-order valence-electron chi connectivity index (χ3n) is 1.41. The molecule has 0 aliphatic rings. The maximum atomic E-state index is 12.9. The standard InChI is InChI=1S/C7H8ClFN2O2S/c1-4-6(9)7(8)11-5(10-4)3-14(2,12)13/h3H2,1-2H3. The zero-order valence-corrected chi connectivity index (χ0v) is 9.15. The van der Waals surface area contributed by atoms with Gasteiger partial charge in [0.05, 0.1) is 5.69 Å². The Balaban J connectivity index is 3.14. The molecule has 0 saturated carbocycles. The van der Waals surface area contributed by atoms with Crippen LogP contribution < -0.4 is 0 Å². The highest BCUT2D eigenvalue weighted by atomic mass is 35.5. The smallest absolute Gasteiger partial charge is 0.181 e. The fraction of sp³-hybridized carbons (Fsp3) is 0.429.